The van der Waals surface area contributed by atoms with Crippen molar-refractivity contribution in [2.45, 2.75) is 26.1 Å². The van der Waals surface area contributed by atoms with Crippen molar-refractivity contribution in [2.75, 3.05) is 0 Å². The minimum absolute atomic E-state index is 0.138. The Bertz CT molecular complexity index is 525. The third-order valence-electron chi connectivity index (χ3n) is 3.64. The molecule has 0 N–H and O–H groups in total. The van der Waals surface area contributed by atoms with Crippen LogP contribution < -0.4 is 0 Å². The van der Waals surface area contributed by atoms with Gasteiger partial charge in [-0.25, -0.2) is 0 Å². The van der Waals surface area contributed by atoms with Gasteiger partial charge in [0.15, 0.2) is 5.78 Å². The smallest absolute Gasteiger partial charge is 0.169 e. The molecule has 2 unspecified atom stereocenters. The Kier molecular flexibility index (Phi) is 3.72. The second-order valence-corrected chi connectivity index (χ2v) is 5.25. The Hall–Kier alpha value is -1.34. The molecule has 1 aromatic carbocycles. The second-order valence-electron chi connectivity index (χ2n) is 4.78. The highest BCUT2D eigenvalue weighted by atomic mass is 35.5. The van der Waals surface area contributed by atoms with E-state index in [2.05, 4.69) is 0 Å². The number of alkyl halides is 1. The average Bonchev–Trinajstić information content (AvgIpc) is 2.63. The number of carbonyl (C=O) groups is 1. The average molecular weight is 261 g/mol. The number of rotatable bonds is 3. The molecule has 0 amide bonds. The molecule has 1 nitrogen and oxygen atoms in total. The Morgan fingerprint density at radius 2 is 1.83 bits per heavy atom. The SMILES string of the molecule is CC1=CC(Cl)C(C(C)C(=O)c2ccccc2)=C1C. The number of ketones is 1. The number of halogens is 1. The molecule has 2 rings (SSSR count). The van der Waals surface area contributed by atoms with Crippen LogP contribution in [0.5, 0.6) is 0 Å². The van der Waals surface area contributed by atoms with Crippen LogP contribution in [0.15, 0.2) is 53.1 Å². The molecule has 0 spiro atoms. The van der Waals surface area contributed by atoms with E-state index in [9.17, 15) is 4.79 Å². The molecule has 2 atom stereocenters. The van der Waals surface area contributed by atoms with E-state index in [-0.39, 0.29) is 17.1 Å². The first-order chi connectivity index (χ1) is 8.52. The zero-order chi connectivity index (χ0) is 13.3. The van der Waals surface area contributed by atoms with Crippen LogP contribution in [0.3, 0.4) is 0 Å². The van der Waals surface area contributed by atoms with E-state index in [4.69, 9.17) is 11.6 Å². The van der Waals surface area contributed by atoms with Crippen LogP contribution in [0.1, 0.15) is 31.1 Å². The van der Waals surface area contributed by atoms with Gasteiger partial charge in [0.05, 0.1) is 5.38 Å². The van der Waals surface area contributed by atoms with Gasteiger partial charge >= 0.3 is 0 Å². The van der Waals surface area contributed by atoms with E-state index in [0.29, 0.717) is 0 Å². The maximum atomic E-state index is 12.4. The summed E-state index contributed by atoms with van der Waals surface area (Å²) >= 11 is 6.31. The fraction of sp³-hybridized carbons (Fsp3) is 0.312. The number of hydrogen-bond donors (Lipinski definition) is 0. The monoisotopic (exact) mass is 260 g/mol. The largest absolute Gasteiger partial charge is 0.294 e. The molecule has 18 heavy (non-hydrogen) atoms. The standard InChI is InChI=1S/C16H17ClO/c1-10-9-14(17)15(11(10)2)12(3)16(18)13-7-5-4-6-8-13/h4-9,12,14H,1-3H3. The molecule has 94 valence electrons. The third-order valence-corrected chi connectivity index (χ3v) is 4.00. The summed E-state index contributed by atoms with van der Waals surface area (Å²) < 4.78 is 0. The highest BCUT2D eigenvalue weighted by molar-refractivity contribution is 6.24. The zero-order valence-corrected chi connectivity index (χ0v) is 11.7. The topological polar surface area (TPSA) is 17.1 Å². The van der Waals surface area contributed by atoms with Crippen LogP contribution in [-0.2, 0) is 0 Å². The number of benzene rings is 1. The van der Waals surface area contributed by atoms with Gasteiger partial charge in [0.25, 0.3) is 0 Å². The van der Waals surface area contributed by atoms with Crippen LogP contribution in [-0.4, -0.2) is 11.2 Å². The lowest BCUT2D eigenvalue weighted by Crippen LogP contribution is -2.18. The molecular weight excluding hydrogens is 244 g/mol. The summed E-state index contributed by atoms with van der Waals surface area (Å²) in [5.74, 6) is -0.0256. The number of hydrogen-bond acceptors (Lipinski definition) is 1. The van der Waals surface area contributed by atoms with E-state index in [1.165, 1.54) is 5.57 Å². The Labute approximate surface area is 113 Å². The van der Waals surface area contributed by atoms with Crippen LogP contribution in [0.4, 0.5) is 0 Å². The summed E-state index contributed by atoms with van der Waals surface area (Å²) in [5, 5.41) is -0.146. The first-order valence-corrected chi connectivity index (χ1v) is 6.58. The summed E-state index contributed by atoms with van der Waals surface area (Å²) in [7, 11) is 0. The quantitative estimate of drug-likeness (QED) is 0.582. The molecule has 0 aromatic heterocycles. The molecule has 0 aliphatic heterocycles. The van der Waals surface area contributed by atoms with Crippen LogP contribution in [0.2, 0.25) is 0 Å². The predicted molar refractivity (Wildman–Crippen MR) is 76.0 cm³/mol. The molecule has 0 heterocycles. The lowest BCUT2D eigenvalue weighted by atomic mass is 9.89. The van der Waals surface area contributed by atoms with Gasteiger partial charge < -0.3 is 0 Å². The second kappa shape index (κ2) is 5.11. The van der Waals surface area contributed by atoms with Crippen molar-refractivity contribution in [3.63, 3.8) is 0 Å². The van der Waals surface area contributed by atoms with Crippen molar-refractivity contribution in [3.05, 3.63) is 58.7 Å². The zero-order valence-electron chi connectivity index (χ0n) is 10.9. The first kappa shape index (κ1) is 13.1. The van der Waals surface area contributed by atoms with Gasteiger partial charge in [-0.3, -0.25) is 4.79 Å². The molecule has 1 aliphatic rings. The van der Waals surface area contributed by atoms with E-state index < -0.39 is 0 Å². The minimum Gasteiger partial charge on any atom is -0.294 e. The fourth-order valence-electron chi connectivity index (χ4n) is 2.43. The number of Topliss-reactive ketones (excluding diaryl/α,β-unsaturated/α-hetero) is 1. The van der Waals surface area contributed by atoms with Gasteiger partial charge in [0.1, 0.15) is 0 Å². The fourth-order valence-corrected chi connectivity index (χ4v) is 2.97. The van der Waals surface area contributed by atoms with Crippen molar-refractivity contribution < 1.29 is 4.79 Å². The van der Waals surface area contributed by atoms with Gasteiger partial charge in [-0.05, 0) is 25.0 Å². The first-order valence-electron chi connectivity index (χ1n) is 6.15. The molecule has 0 fully saturated rings. The van der Waals surface area contributed by atoms with Gasteiger partial charge in [-0.2, -0.15) is 0 Å². The van der Waals surface area contributed by atoms with Crippen LogP contribution in [0.25, 0.3) is 0 Å². The molecule has 1 aliphatic carbocycles. The number of carbonyl (C=O) groups excluding carboxylic acids is 1. The summed E-state index contributed by atoms with van der Waals surface area (Å²) in [6.45, 7) is 6.02. The molecule has 1 aromatic rings. The van der Waals surface area contributed by atoms with Crippen molar-refractivity contribution >= 4 is 17.4 Å². The van der Waals surface area contributed by atoms with Crippen molar-refractivity contribution in [2.24, 2.45) is 5.92 Å². The Morgan fingerprint density at radius 1 is 1.22 bits per heavy atom. The summed E-state index contributed by atoms with van der Waals surface area (Å²) in [6, 6.07) is 9.40. The van der Waals surface area contributed by atoms with E-state index in [1.807, 2.05) is 57.2 Å². The molecule has 0 saturated carbocycles. The van der Waals surface area contributed by atoms with Gasteiger partial charge in [0, 0.05) is 11.5 Å². The lowest BCUT2D eigenvalue weighted by molar-refractivity contribution is 0.0947. The van der Waals surface area contributed by atoms with Gasteiger partial charge in [-0.1, -0.05) is 48.9 Å². The molecule has 0 saturated heterocycles. The molecule has 2 heteroatoms. The van der Waals surface area contributed by atoms with Crippen molar-refractivity contribution in [3.8, 4) is 0 Å². The molecular formula is C16H17ClO. The number of allylic oxidation sites excluding steroid dienone is 4. The van der Waals surface area contributed by atoms with Crippen molar-refractivity contribution in [1.29, 1.82) is 0 Å². The Morgan fingerprint density at radius 3 is 2.33 bits per heavy atom. The van der Waals surface area contributed by atoms with Crippen molar-refractivity contribution in [1.82, 2.24) is 0 Å². The summed E-state index contributed by atoms with van der Waals surface area (Å²) in [5.41, 5.74) is 4.13. The summed E-state index contributed by atoms with van der Waals surface area (Å²) in [4.78, 5) is 12.4. The minimum atomic E-state index is -0.163. The Balaban J connectivity index is 2.29. The molecule has 0 bridgehead atoms. The van der Waals surface area contributed by atoms with E-state index in [0.717, 1.165) is 16.7 Å². The van der Waals surface area contributed by atoms with E-state index in [1.54, 1.807) is 0 Å². The van der Waals surface area contributed by atoms with Gasteiger partial charge in [-0.15, -0.1) is 11.6 Å². The maximum Gasteiger partial charge on any atom is 0.169 e. The lowest BCUT2D eigenvalue weighted by Gasteiger charge is -2.16. The van der Waals surface area contributed by atoms with Crippen LogP contribution >= 0.6 is 11.6 Å². The normalized spacial score (nSPS) is 20.9. The highest BCUT2D eigenvalue weighted by Crippen LogP contribution is 2.35. The van der Waals surface area contributed by atoms with Crippen LogP contribution in [0, 0.1) is 5.92 Å². The summed E-state index contributed by atoms with van der Waals surface area (Å²) in [6.07, 6.45) is 2.01. The molecule has 0 radical (unpaired) electrons. The maximum absolute atomic E-state index is 12.4. The predicted octanol–water partition coefficient (Wildman–Crippen LogP) is 4.39. The van der Waals surface area contributed by atoms with Gasteiger partial charge in [0.2, 0.25) is 0 Å². The van der Waals surface area contributed by atoms with E-state index >= 15 is 0 Å². The highest BCUT2D eigenvalue weighted by Gasteiger charge is 2.29. The third kappa shape index (κ3) is 2.28.